The van der Waals surface area contributed by atoms with Gasteiger partial charge in [-0.1, -0.05) is 12.8 Å². The second-order valence-corrected chi connectivity index (χ2v) is 6.64. The highest BCUT2D eigenvalue weighted by molar-refractivity contribution is 5.99. The molecule has 2 amide bonds. The zero-order chi connectivity index (χ0) is 15.0. The Morgan fingerprint density at radius 1 is 1.35 bits per heavy atom. The van der Waals surface area contributed by atoms with E-state index in [4.69, 9.17) is 4.74 Å². The summed E-state index contributed by atoms with van der Waals surface area (Å²) >= 11 is 0. The molecule has 0 aromatic heterocycles. The lowest BCUT2D eigenvalue weighted by atomic mass is 9.88. The van der Waals surface area contributed by atoms with Crippen molar-refractivity contribution in [3.63, 3.8) is 0 Å². The first-order valence-electron chi connectivity index (χ1n) is 7.50. The summed E-state index contributed by atoms with van der Waals surface area (Å²) in [5.74, 6) is 0.0655. The maximum Gasteiger partial charge on any atom is 0.246 e. The molecule has 5 heteroatoms. The number of methoxy groups -OCH3 is 1. The van der Waals surface area contributed by atoms with E-state index in [2.05, 4.69) is 5.32 Å². The average Bonchev–Trinajstić information content (AvgIpc) is 2.87. The molecule has 1 atom stereocenters. The van der Waals surface area contributed by atoms with Crippen molar-refractivity contribution in [1.29, 1.82) is 0 Å². The third-order valence-electron chi connectivity index (χ3n) is 4.84. The van der Waals surface area contributed by atoms with Gasteiger partial charge in [-0.15, -0.1) is 0 Å². The van der Waals surface area contributed by atoms with Crippen LogP contribution in [0.5, 0.6) is 0 Å². The van der Waals surface area contributed by atoms with Gasteiger partial charge >= 0.3 is 0 Å². The molecule has 20 heavy (non-hydrogen) atoms. The number of hydrogen-bond acceptors (Lipinski definition) is 3. The Balaban J connectivity index is 2.20. The molecular formula is C15H26N2O3. The van der Waals surface area contributed by atoms with Gasteiger partial charge in [0.25, 0.3) is 0 Å². The second-order valence-electron chi connectivity index (χ2n) is 6.64. The van der Waals surface area contributed by atoms with Crippen molar-refractivity contribution in [1.82, 2.24) is 10.2 Å². The standard InChI is InChI=1S/C15H26N2O3/c1-11-12(18)17(10-9-14(2,3)20-4)15(13(19)16-11)7-5-6-8-15/h11H,5-10H2,1-4H3,(H,16,19). The van der Waals surface area contributed by atoms with Crippen LogP contribution in [0.1, 0.15) is 52.9 Å². The number of nitrogens with one attached hydrogen (secondary N) is 1. The number of amides is 2. The molecule has 1 aliphatic heterocycles. The summed E-state index contributed by atoms with van der Waals surface area (Å²) in [6.45, 7) is 6.35. The Morgan fingerprint density at radius 3 is 2.50 bits per heavy atom. The Labute approximate surface area is 121 Å². The van der Waals surface area contributed by atoms with Crippen LogP contribution < -0.4 is 5.32 Å². The van der Waals surface area contributed by atoms with E-state index in [1.165, 1.54) is 0 Å². The summed E-state index contributed by atoms with van der Waals surface area (Å²) in [4.78, 5) is 26.8. The van der Waals surface area contributed by atoms with Crippen molar-refractivity contribution in [2.45, 2.75) is 70.1 Å². The molecule has 1 N–H and O–H groups in total. The fourth-order valence-electron chi connectivity index (χ4n) is 3.22. The lowest BCUT2D eigenvalue weighted by molar-refractivity contribution is -0.157. The molecule has 2 rings (SSSR count). The van der Waals surface area contributed by atoms with Crippen molar-refractivity contribution >= 4 is 11.8 Å². The van der Waals surface area contributed by atoms with Crippen LogP contribution >= 0.6 is 0 Å². The summed E-state index contributed by atoms with van der Waals surface area (Å²) < 4.78 is 5.43. The van der Waals surface area contributed by atoms with Crippen molar-refractivity contribution in [3.05, 3.63) is 0 Å². The molecule has 5 nitrogen and oxygen atoms in total. The molecule has 1 saturated heterocycles. The van der Waals surface area contributed by atoms with Gasteiger partial charge in [-0.2, -0.15) is 0 Å². The SMILES string of the molecule is COC(C)(C)CCN1C(=O)C(C)NC(=O)C12CCCC2. The lowest BCUT2D eigenvalue weighted by Crippen LogP contribution is -2.69. The fourth-order valence-corrected chi connectivity index (χ4v) is 3.22. The van der Waals surface area contributed by atoms with E-state index in [9.17, 15) is 9.59 Å². The zero-order valence-corrected chi connectivity index (χ0v) is 13.0. The molecule has 0 bridgehead atoms. The Hall–Kier alpha value is -1.10. The maximum atomic E-state index is 12.5. The summed E-state index contributed by atoms with van der Waals surface area (Å²) in [5, 5.41) is 2.84. The van der Waals surface area contributed by atoms with Crippen molar-refractivity contribution in [3.8, 4) is 0 Å². The molecule has 2 aliphatic rings. The molecule has 1 aliphatic carbocycles. The van der Waals surface area contributed by atoms with E-state index in [0.29, 0.717) is 6.54 Å². The minimum atomic E-state index is -0.604. The molecule has 1 unspecified atom stereocenters. The smallest absolute Gasteiger partial charge is 0.246 e. The second kappa shape index (κ2) is 5.35. The largest absolute Gasteiger partial charge is 0.379 e. The third kappa shape index (κ3) is 2.55. The van der Waals surface area contributed by atoms with Crippen molar-refractivity contribution in [2.24, 2.45) is 0 Å². The van der Waals surface area contributed by atoms with Crippen LogP contribution in [0, 0.1) is 0 Å². The van der Waals surface area contributed by atoms with Gasteiger partial charge in [-0.3, -0.25) is 9.59 Å². The Kier molecular flexibility index (Phi) is 4.09. The van der Waals surface area contributed by atoms with E-state index in [1.807, 2.05) is 18.7 Å². The number of ether oxygens (including phenoxy) is 1. The van der Waals surface area contributed by atoms with Crippen LogP contribution in [-0.2, 0) is 14.3 Å². The molecule has 1 saturated carbocycles. The summed E-state index contributed by atoms with van der Waals surface area (Å²) in [6.07, 6.45) is 4.32. The van der Waals surface area contributed by atoms with E-state index in [0.717, 1.165) is 32.1 Å². The van der Waals surface area contributed by atoms with Gasteiger partial charge in [-0.25, -0.2) is 0 Å². The normalized spacial score (nSPS) is 26.2. The van der Waals surface area contributed by atoms with E-state index >= 15 is 0 Å². The summed E-state index contributed by atoms with van der Waals surface area (Å²) in [5.41, 5.74) is -0.884. The molecule has 0 aromatic rings. The number of hydrogen-bond donors (Lipinski definition) is 1. The number of carbonyl (C=O) groups excluding carboxylic acids is 2. The van der Waals surface area contributed by atoms with Crippen LogP contribution in [0.4, 0.5) is 0 Å². The molecule has 2 fully saturated rings. The van der Waals surface area contributed by atoms with E-state index < -0.39 is 11.6 Å². The van der Waals surface area contributed by atoms with Crippen molar-refractivity contribution in [2.75, 3.05) is 13.7 Å². The highest BCUT2D eigenvalue weighted by Gasteiger charge is 2.52. The van der Waals surface area contributed by atoms with Gasteiger partial charge in [-0.05, 0) is 40.0 Å². The molecule has 1 heterocycles. The Morgan fingerprint density at radius 2 is 1.95 bits per heavy atom. The number of rotatable bonds is 4. The minimum Gasteiger partial charge on any atom is -0.379 e. The molecular weight excluding hydrogens is 256 g/mol. The first-order valence-corrected chi connectivity index (χ1v) is 7.50. The highest BCUT2D eigenvalue weighted by Crippen LogP contribution is 2.38. The molecule has 114 valence electrons. The molecule has 1 spiro atoms. The monoisotopic (exact) mass is 282 g/mol. The number of piperazine rings is 1. The first kappa shape index (κ1) is 15.3. The summed E-state index contributed by atoms with van der Waals surface area (Å²) in [6, 6.07) is -0.417. The van der Waals surface area contributed by atoms with Crippen LogP contribution in [0.25, 0.3) is 0 Å². The molecule has 0 radical (unpaired) electrons. The first-order chi connectivity index (χ1) is 9.32. The fraction of sp³-hybridized carbons (Fsp3) is 0.867. The van der Waals surface area contributed by atoms with Crippen LogP contribution in [0.15, 0.2) is 0 Å². The van der Waals surface area contributed by atoms with Gasteiger partial charge in [0.15, 0.2) is 0 Å². The highest BCUT2D eigenvalue weighted by atomic mass is 16.5. The van der Waals surface area contributed by atoms with Gasteiger partial charge in [0.2, 0.25) is 11.8 Å². The van der Waals surface area contributed by atoms with Crippen LogP contribution in [-0.4, -0.2) is 47.6 Å². The van der Waals surface area contributed by atoms with Gasteiger partial charge < -0.3 is 15.0 Å². The minimum absolute atomic E-state index is 0.0253. The van der Waals surface area contributed by atoms with Crippen molar-refractivity contribution < 1.29 is 14.3 Å². The predicted octanol–water partition coefficient (Wildman–Crippen LogP) is 1.46. The number of nitrogens with zero attached hydrogens (tertiary/aromatic N) is 1. The van der Waals surface area contributed by atoms with Gasteiger partial charge in [0.05, 0.1) is 5.60 Å². The maximum absolute atomic E-state index is 12.5. The lowest BCUT2D eigenvalue weighted by Gasteiger charge is -2.46. The van der Waals surface area contributed by atoms with Gasteiger partial charge in [0.1, 0.15) is 11.6 Å². The zero-order valence-electron chi connectivity index (χ0n) is 13.0. The van der Waals surface area contributed by atoms with Crippen LogP contribution in [0.2, 0.25) is 0 Å². The number of carbonyl (C=O) groups is 2. The van der Waals surface area contributed by atoms with E-state index in [1.54, 1.807) is 14.0 Å². The summed E-state index contributed by atoms with van der Waals surface area (Å²) in [7, 11) is 1.68. The average molecular weight is 282 g/mol. The topological polar surface area (TPSA) is 58.6 Å². The van der Waals surface area contributed by atoms with E-state index in [-0.39, 0.29) is 17.4 Å². The predicted molar refractivity (Wildman–Crippen MR) is 76.2 cm³/mol. The van der Waals surface area contributed by atoms with Crippen LogP contribution in [0.3, 0.4) is 0 Å². The third-order valence-corrected chi connectivity index (χ3v) is 4.84. The quantitative estimate of drug-likeness (QED) is 0.849. The Bertz CT molecular complexity index is 400. The molecule has 0 aromatic carbocycles. The van der Waals surface area contributed by atoms with Gasteiger partial charge in [0, 0.05) is 13.7 Å².